The fourth-order valence-corrected chi connectivity index (χ4v) is 2.04. The lowest BCUT2D eigenvalue weighted by atomic mass is 10.1. The molecule has 1 heterocycles. The van der Waals surface area contributed by atoms with Gasteiger partial charge in [-0.25, -0.2) is 22.9 Å². The number of carboxylic acids is 1. The van der Waals surface area contributed by atoms with E-state index < -0.39 is 29.1 Å². The number of rotatable bonds is 4. The highest BCUT2D eigenvalue weighted by Gasteiger charge is 2.15. The highest BCUT2D eigenvalue weighted by Crippen LogP contribution is 2.28. The molecular weight excluding hydrogens is 325 g/mol. The Hall–Kier alpha value is -3.29. The molecule has 1 aromatic heterocycles. The second-order valence-corrected chi connectivity index (χ2v) is 4.79. The maximum Gasteiger partial charge on any atom is 0.335 e. The molecule has 122 valence electrons. The van der Waals surface area contributed by atoms with Crippen LogP contribution >= 0.6 is 0 Å². The third-order valence-electron chi connectivity index (χ3n) is 3.14. The summed E-state index contributed by atoms with van der Waals surface area (Å²) < 4.78 is 45.4. The second kappa shape index (κ2) is 6.07. The molecule has 0 bridgehead atoms. The normalized spacial score (nSPS) is 10.6. The number of aromatic carboxylic acids is 1. The van der Waals surface area contributed by atoms with Gasteiger partial charge < -0.3 is 14.8 Å². The van der Waals surface area contributed by atoms with Gasteiger partial charge in [-0.2, -0.15) is 0 Å². The van der Waals surface area contributed by atoms with Crippen LogP contribution in [-0.2, 0) is 0 Å². The molecular formula is C16H9F3N2O3. The third kappa shape index (κ3) is 3.07. The molecule has 0 unspecified atom stereocenters. The van der Waals surface area contributed by atoms with Crippen LogP contribution in [-0.4, -0.2) is 16.1 Å². The molecule has 3 aromatic rings. The van der Waals surface area contributed by atoms with Crippen LogP contribution in [0.1, 0.15) is 10.4 Å². The smallest absolute Gasteiger partial charge is 0.335 e. The van der Waals surface area contributed by atoms with Crippen molar-refractivity contribution in [2.45, 2.75) is 0 Å². The van der Waals surface area contributed by atoms with Gasteiger partial charge >= 0.3 is 5.97 Å². The maximum absolute atomic E-state index is 13.6. The standard InChI is InChI=1S/C16H9F3N2O3/c17-10-5-11(18)14(12(19)6-10)21-16-20-7-13(24-16)8-2-1-3-9(4-8)15(22)23/h1-7H,(H,20,21)(H,22,23). The number of halogens is 3. The van der Waals surface area contributed by atoms with Crippen LogP contribution in [0.25, 0.3) is 11.3 Å². The lowest BCUT2D eigenvalue weighted by Crippen LogP contribution is -1.98. The van der Waals surface area contributed by atoms with Crippen molar-refractivity contribution in [3.05, 3.63) is 65.6 Å². The van der Waals surface area contributed by atoms with Crippen molar-refractivity contribution in [3.63, 3.8) is 0 Å². The van der Waals surface area contributed by atoms with Gasteiger partial charge in [0.25, 0.3) is 6.01 Å². The predicted octanol–water partition coefficient (Wildman–Crippen LogP) is 4.20. The minimum atomic E-state index is -1.14. The minimum Gasteiger partial charge on any atom is -0.478 e. The van der Waals surface area contributed by atoms with Crippen molar-refractivity contribution in [1.82, 2.24) is 4.98 Å². The van der Waals surface area contributed by atoms with E-state index in [1.807, 2.05) is 0 Å². The Bertz CT molecular complexity index is 901. The van der Waals surface area contributed by atoms with Crippen molar-refractivity contribution in [1.29, 1.82) is 0 Å². The van der Waals surface area contributed by atoms with Crippen molar-refractivity contribution in [3.8, 4) is 11.3 Å². The SMILES string of the molecule is O=C(O)c1cccc(-c2cnc(Nc3c(F)cc(F)cc3F)o2)c1. The van der Waals surface area contributed by atoms with Gasteiger partial charge in [-0.05, 0) is 12.1 Å². The fourth-order valence-electron chi connectivity index (χ4n) is 2.04. The van der Waals surface area contributed by atoms with E-state index in [0.29, 0.717) is 17.7 Å². The summed E-state index contributed by atoms with van der Waals surface area (Å²) in [6, 6.07) is 6.70. The van der Waals surface area contributed by atoms with Gasteiger partial charge in [-0.1, -0.05) is 12.1 Å². The summed E-state index contributed by atoms with van der Waals surface area (Å²) in [5.41, 5.74) is -0.131. The van der Waals surface area contributed by atoms with E-state index in [1.54, 1.807) is 6.07 Å². The Morgan fingerprint density at radius 3 is 2.50 bits per heavy atom. The Kier molecular flexibility index (Phi) is 3.95. The second-order valence-electron chi connectivity index (χ2n) is 4.79. The summed E-state index contributed by atoms with van der Waals surface area (Å²) in [7, 11) is 0. The molecule has 0 aliphatic heterocycles. The van der Waals surface area contributed by atoms with E-state index in [4.69, 9.17) is 9.52 Å². The van der Waals surface area contributed by atoms with Crippen LogP contribution in [0, 0.1) is 17.5 Å². The van der Waals surface area contributed by atoms with Gasteiger partial charge in [0.2, 0.25) is 0 Å². The van der Waals surface area contributed by atoms with E-state index in [9.17, 15) is 18.0 Å². The van der Waals surface area contributed by atoms with Gasteiger partial charge in [-0.3, -0.25) is 0 Å². The number of aromatic nitrogens is 1. The molecule has 5 nitrogen and oxygen atoms in total. The Balaban J connectivity index is 1.89. The van der Waals surface area contributed by atoms with Crippen molar-refractivity contribution < 1.29 is 27.5 Å². The zero-order valence-electron chi connectivity index (χ0n) is 11.9. The maximum atomic E-state index is 13.6. The molecule has 2 N–H and O–H groups in total. The molecule has 24 heavy (non-hydrogen) atoms. The lowest BCUT2D eigenvalue weighted by Gasteiger charge is -2.05. The van der Waals surface area contributed by atoms with Crippen molar-refractivity contribution in [2.75, 3.05) is 5.32 Å². The number of hydrogen-bond acceptors (Lipinski definition) is 4. The summed E-state index contributed by atoms with van der Waals surface area (Å²) in [4.78, 5) is 14.8. The zero-order chi connectivity index (χ0) is 17.3. The molecule has 0 spiro atoms. The summed E-state index contributed by atoms with van der Waals surface area (Å²) in [6.45, 7) is 0. The molecule has 0 amide bonds. The average Bonchev–Trinajstić information content (AvgIpc) is 2.99. The molecule has 0 saturated heterocycles. The van der Waals surface area contributed by atoms with Crippen LogP contribution in [0.5, 0.6) is 0 Å². The molecule has 0 aliphatic rings. The van der Waals surface area contributed by atoms with Gasteiger partial charge in [0, 0.05) is 17.7 Å². The first-order valence-electron chi connectivity index (χ1n) is 6.65. The summed E-state index contributed by atoms with van der Waals surface area (Å²) >= 11 is 0. The number of hydrogen-bond donors (Lipinski definition) is 2. The molecule has 8 heteroatoms. The molecule has 2 aromatic carbocycles. The number of benzene rings is 2. The first-order chi connectivity index (χ1) is 11.4. The molecule has 3 rings (SSSR count). The van der Waals surface area contributed by atoms with Gasteiger partial charge in [0.05, 0.1) is 11.8 Å². The average molecular weight is 334 g/mol. The molecule has 0 radical (unpaired) electrons. The van der Waals surface area contributed by atoms with Crippen LogP contribution in [0.2, 0.25) is 0 Å². The predicted molar refractivity (Wildman–Crippen MR) is 78.5 cm³/mol. The van der Waals surface area contributed by atoms with Gasteiger partial charge in [0.1, 0.15) is 11.5 Å². The van der Waals surface area contributed by atoms with Crippen LogP contribution in [0.15, 0.2) is 47.0 Å². The number of oxazole rings is 1. The molecule has 0 fully saturated rings. The fraction of sp³-hybridized carbons (Fsp3) is 0. The molecule has 0 atom stereocenters. The quantitative estimate of drug-likeness (QED) is 0.748. The largest absolute Gasteiger partial charge is 0.478 e. The van der Waals surface area contributed by atoms with Crippen LogP contribution in [0.4, 0.5) is 24.9 Å². The highest BCUT2D eigenvalue weighted by atomic mass is 19.1. The van der Waals surface area contributed by atoms with Crippen LogP contribution in [0.3, 0.4) is 0 Å². The first kappa shape index (κ1) is 15.6. The first-order valence-corrected chi connectivity index (χ1v) is 6.65. The topological polar surface area (TPSA) is 75.4 Å². The molecule has 0 saturated carbocycles. The van der Waals surface area contributed by atoms with E-state index in [0.717, 1.165) is 0 Å². The number of nitrogens with one attached hydrogen (secondary N) is 1. The third-order valence-corrected chi connectivity index (χ3v) is 3.14. The summed E-state index contributed by atoms with van der Waals surface area (Å²) in [6.07, 6.45) is 1.27. The summed E-state index contributed by atoms with van der Waals surface area (Å²) in [5, 5.41) is 11.3. The number of nitrogens with zero attached hydrogens (tertiary/aromatic N) is 1. The minimum absolute atomic E-state index is 0.0500. The molecule has 0 aliphatic carbocycles. The van der Waals surface area contributed by atoms with E-state index in [1.165, 1.54) is 24.4 Å². The van der Waals surface area contributed by atoms with E-state index in [2.05, 4.69) is 10.3 Å². The number of anilines is 2. The zero-order valence-corrected chi connectivity index (χ0v) is 11.9. The monoisotopic (exact) mass is 334 g/mol. The van der Waals surface area contributed by atoms with Crippen LogP contribution < -0.4 is 5.32 Å². The van der Waals surface area contributed by atoms with E-state index in [-0.39, 0.29) is 17.3 Å². The lowest BCUT2D eigenvalue weighted by molar-refractivity contribution is 0.0697. The Labute approximate surface area is 133 Å². The Morgan fingerprint density at radius 1 is 1.12 bits per heavy atom. The Morgan fingerprint density at radius 2 is 1.83 bits per heavy atom. The van der Waals surface area contributed by atoms with Gasteiger partial charge in [0.15, 0.2) is 17.4 Å². The van der Waals surface area contributed by atoms with E-state index >= 15 is 0 Å². The van der Waals surface area contributed by atoms with Crippen molar-refractivity contribution in [2.24, 2.45) is 0 Å². The number of carboxylic acid groups (broad SMARTS) is 1. The number of carbonyl (C=O) groups is 1. The summed E-state index contributed by atoms with van der Waals surface area (Å²) in [5.74, 6) is -4.23. The highest BCUT2D eigenvalue weighted by molar-refractivity contribution is 5.89. The van der Waals surface area contributed by atoms with Gasteiger partial charge in [-0.15, -0.1) is 0 Å². The van der Waals surface area contributed by atoms with Crippen molar-refractivity contribution >= 4 is 17.7 Å².